The molecule has 0 saturated carbocycles. The fourth-order valence-electron chi connectivity index (χ4n) is 7.59. The van der Waals surface area contributed by atoms with Gasteiger partial charge in [-0.15, -0.1) is 0 Å². The van der Waals surface area contributed by atoms with Gasteiger partial charge in [0.15, 0.2) is 16.6 Å². The maximum atomic E-state index is 13.9. The number of hydrazine groups is 1. The van der Waals surface area contributed by atoms with Gasteiger partial charge in [-0.25, -0.2) is 5.01 Å². The highest BCUT2D eigenvalue weighted by atomic mass is 16.7. The van der Waals surface area contributed by atoms with Crippen LogP contribution < -0.4 is 48.0 Å². The average molecular weight is 839 g/mol. The summed E-state index contributed by atoms with van der Waals surface area (Å²) < 4.78 is 23.4. The van der Waals surface area contributed by atoms with Crippen LogP contribution in [0.5, 0.6) is 5.75 Å². The number of carbonyl (C=O) groups excluding carboxylic acids is 2. The van der Waals surface area contributed by atoms with Crippen molar-refractivity contribution in [2.24, 2.45) is 29.4 Å². The monoisotopic (exact) mass is 838 g/mol. The summed E-state index contributed by atoms with van der Waals surface area (Å²) in [5, 5.41) is 34.1. The molecular weight excluding hydrogens is 780 g/mol. The van der Waals surface area contributed by atoms with E-state index in [1.807, 2.05) is 7.05 Å². The molecule has 60 heavy (non-hydrogen) atoms. The van der Waals surface area contributed by atoms with Crippen LogP contribution in [0.1, 0.15) is 54.0 Å². The summed E-state index contributed by atoms with van der Waals surface area (Å²) in [4.78, 5) is 79.7. The molecule has 17 heteroatoms. The van der Waals surface area contributed by atoms with Crippen molar-refractivity contribution in [3.05, 3.63) is 103 Å². The predicted octanol–water partition coefficient (Wildman–Crippen LogP) is -0.968. The van der Waals surface area contributed by atoms with Gasteiger partial charge in [-0.05, 0) is 27.0 Å². The van der Waals surface area contributed by atoms with Gasteiger partial charge in [0.2, 0.25) is 16.8 Å². The van der Waals surface area contributed by atoms with Gasteiger partial charge >= 0.3 is 11.8 Å². The third-order valence-electron chi connectivity index (χ3n) is 11.6. The lowest BCUT2D eigenvalue weighted by Gasteiger charge is -2.38. The third-order valence-corrected chi connectivity index (χ3v) is 11.6. The molecule has 0 unspecified atom stereocenters. The number of piperazine rings is 1. The van der Waals surface area contributed by atoms with Crippen LogP contribution in [0.2, 0.25) is 0 Å². The van der Waals surface area contributed by atoms with Crippen LogP contribution in [0.4, 0.5) is 0 Å². The van der Waals surface area contributed by atoms with Gasteiger partial charge in [0, 0.05) is 88.1 Å². The Morgan fingerprint density at radius 1 is 0.883 bits per heavy atom. The SMILES string of the molecule is CO[C@@H](/C=C/O[C@@]1(C)Oc2c(C)c(=O)c3c(=O)c(=O)/c(=C\NN4CCN(C)CC4)c(=O)c=3c2=C1O)[C@@H](C)[C@@H](OC(C)=O)[C@H](C)[C@H](O)[C@H](C)[C@@H](O)[C@@H](C)/C=C/C=C(\C)C(N)=O. The van der Waals surface area contributed by atoms with Crippen molar-refractivity contribution in [3.63, 3.8) is 0 Å². The van der Waals surface area contributed by atoms with E-state index in [0.717, 1.165) is 25.6 Å². The number of aliphatic hydroxyl groups is 3. The molecule has 0 aromatic heterocycles. The molecule has 1 fully saturated rings. The highest BCUT2D eigenvalue weighted by Crippen LogP contribution is 2.33. The molecule has 2 aliphatic heterocycles. The number of esters is 1. The number of allylic oxidation sites excluding steroid dienone is 2. The fraction of sp³-hybridized carbons (Fsp3) is 0.535. The van der Waals surface area contributed by atoms with E-state index in [9.17, 15) is 44.1 Å². The number of nitrogens with two attached hydrogens (primary N) is 1. The van der Waals surface area contributed by atoms with Crippen molar-refractivity contribution in [1.29, 1.82) is 0 Å². The van der Waals surface area contributed by atoms with Crippen molar-refractivity contribution in [2.75, 3.05) is 40.3 Å². The fourth-order valence-corrected chi connectivity index (χ4v) is 7.59. The van der Waals surface area contributed by atoms with E-state index in [1.54, 1.807) is 51.8 Å². The molecule has 4 aliphatic rings. The second-order valence-corrected chi connectivity index (χ2v) is 16.0. The summed E-state index contributed by atoms with van der Waals surface area (Å²) in [6.07, 6.45) is 4.60. The molecule has 4 rings (SSSR count). The van der Waals surface area contributed by atoms with Crippen LogP contribution in [-0.4, -0.2) is 108 Å². The number of nitrogens with one attached hydrogen (secondary N) is 1. The van der Waals surface area contributed by atoms with Crippen LogP contribution in [0.15, 0.2) is 55.3 Å². The zero-order valence-electron chi connectivity index (χ0n) is 35.8. The second-order valence-electron chi connectivity index (χ2n) is 16.0. The first-order chi connectivity index (χ1) is 28.1. The molecule has 328 valence electrons. The number of rotatable bonds is 17. The number of hydrogen-bond acceptors (Lipinski definition) is 16. The van der Waals surface area contributed by atoms with Crippen molar-refractivity contribution < 1.29 is 43.9 Å². The topological polar surface area (TPSA) is 245 Å². The van der Waals surface area contributed by atoms with Gasteiger partial charge in [-0.3, -0.25) is 28.8 Å². The highest BCUT2D eigenvalue weighted by Gasteiger charge is 2.43. The number of primary amides is 1. The quantitative estimate of drug-likeness (QED) is 0.0423. The molecular formula is C43H58N4O13. The molecule has 0 aromatic rings. The van der Waals surface area contributed by atoms with Crippen LogP contribution in [0.3, 0.4) is 0 Å². The Kier molecular flexibility index (Phi) is 15.4. The second kappa shape index (κ2) is 19.5. The Morgan fingerprint density at radius 2 is 1.52 bits per heavy atom. The Balaban J connectivity index is 1.64. The largest absolute Gasteiger partial charge is 0.505 e. The Labute approximate surface area is 347 Å². The molecule has 0 radical (unpaired) electrons. The summed E-state index contributed by atoms with van der Waals surface area (Å²) in [6, 6.07) is 0. The number of ether oxygens (including phenoxy) is 4. The normalized spacial score (nSPS) is 22.2. The first-order valence-corrected chi connectivity index (χ1v) is 19.8. The van der Waals surface area contributed by atoms with Crippen LogP contribution in [-0.2, 0) is 23.8 Å². The lowest BCUT2D eigenvalue weighted by molar-refractivity contribution is -0.160. The number of aliphatic hydroxyl groups excluding tert-OH is 3. The summed E-state index contributed by atoms with van der Waals surface area (Å²) in [5.74, 6) is -6.54. The van der Waals surface area contributed by atoms with Crippen LogP contribution in [0, 0.1) is 41.0 Å². The first kappa shape index (κ1) is 47.5. The Hall–Kier alpha value is -5.20. The van der Waals surface area contributed by atoms with Crippen molar-refractivity contribution in [3.8, 4) is 5.75 Å². The Morgan fingerprint density at radius 3 is 2.10 bits per heavy atom. The molecule has 6 N–H and O–H groups in total. The summed E-state index contributed by atoms with van der Waals surface area (Å²) in [5.41, 5.74) is 4.22. The van der Waals surface area contributed by atoms with Gasteiger partial charge in [0.1, 0.15) is 11.9 Å². The number of fused-ring (bicyclic) bond motifs is 2. The number of carbonyl (C=O) groups is 2. The Bertz CT molecular complexity index is 2430. The van der Waals surface area contributed by atoms with Crippen LogP contribution >= 0.6 is 0 Å². The number of amides is 1. The lowest BCUT2D eigenvalue weighted by atomic mass is 9.78. The minimum Gasteiger partial charge on any atom is -0.505 e. The molecule has 0 bridgehead atoms. The molecule has 1 saturated heterocycles. The molecule has 9 atom stereocenters. The summed E-state index contributed by atoms with van der Waals surface area (Å²) in [7, 11) is 3.36. The maximum absolute atomic E-state index is 13.9. The number of hydrogen-bond donors (Lipinski definition) is 5. The third kappa shape index (κ3) is 9.87. The zero-order valence-corrected chi connectivity index (χ0v) is 35.8. The number of methoxy groups -OCH3 is 1. The van der Waals surface area contributed by atoms with Crippen molar-refractivity contribution in [2.45, 2.75) is 85.6 Å². The molecule has 2 heterocycles. The van der Waals surface area contributed by atoms with E-state index < -0.39 is 109 Å². The van der Waals surface area contributed by atoms with Gasteiger partial charge in [0.25, 0.3) is 0 Å². The van der Waals surface area contributed by atoms with Gasteiger partial charge in [0.05, 0.1) is 45.4 Å². The first-order valence-electron chi connectivity index (χ1n) is 19.8. The predicted molar refractivity (Wildman–Crippen MR) is 222 cm³/mol. The number of nitrogens with zero attached hydrogens (tertiary/aromatic N) is 2. The zero-order chi connectivity index (χ0) is 45.0. The van der Waals surface area contributed by atoms with E-state index in [0.29, 0.717) is 18.7 Å². The number of likely N-dealkylation sites (N-methyl/N-ethyl adjacent to an activating group) is 1. The van der Waals surface area contributed by atoms with Crippen molar-refractivity contribution in [1.82, 2.24) is 15.3 Å². The standard InChI is InChI=1S/C43H58N4O13/c1-21(12-11-13-22(2)42(44)56)33(49)24(4)34(50)25(5)39(59-27(7)48)23(3)29(57-10)14-19-58-43(8)41(55)32-30-31(35(51)26(6)40(32)60-43)38(54)37(53)28(36(30)52)20-45-47-17-15-46(9)16-18-47/h11-14,19-21,23-25,29,33-34,39,45,49-50,55H,15-18H2,1-10H3,(H2,44,56)/b12-11+,19-14+,22-13+,28-20-/t21-,23+,24+,25+,29-,33-,34+,39+,43-/m0/s1. The van der Waals surface area contributed by atoms with E-state index in [1.165, 1.54) is 40.0 Å². The summed E-state index contributed by atoms with van der Waals surface area (Å²) in [6.45, 7) is 14.9. The van der Waals surface area contributed by atoms with Gasteiger partial charge in [-0.2, -0.15) is 0 Å². The van der Waals surface area contributed by atoms with E-state index in [-0.39, 0.29) is 16.5 Å². The molecule has 17 nitrogen and oxygen atoms in total. The van der Waals surface area contributed by atoms with Crippen molar-refractivity contribution >= 4 is 23.8 Å². The van der Waals surface area contributed by atoms with E-state index in [2.05, 4.69) is 10.3 Å². The van der Waals surface area contributed by atoms with Gasteiger partial charge < -0.3 is 50.3 Å². The molecule has 1 amide bonds. The van der Waals surface area contributed by atoms with E-state index >= 15 is 0 Å². The molecule has 2 aliphatic carbocycles. The highest BCUT2D eigenvalue weighted by molar-refractivity contribution is 5.91. The summed E-state index contributed by atoms with van der Waals surface area (Å²) >= 11 is 0. The lowest BCUT2D eigenvalue weighted by Crippen LogP contribution is -2.54. The molecule has 0 aromatic carbocycles. The van der Waals surface area contributed by atoms with Gasteiger partial charge in [-0.1, -0.05) is 45.9 Å². The maximum Gasteiger partial charge on any atom is 0.307 e. The minimum atomic E-state index is -2.02. The molecule has 0 spiro atoms. The smallest absolute Gasteiger partial charge is 0.307 e. The van der Waals surface area contributed by atoms with Crippen LogP contribution in [0.25, 0.3) is 12.0 Å². The van der Waals surface area contributed by atoms with E-state index in [4.69, 9.17) is 24.7 Å². The minimum absolute atomic E-state index is 0.122. The average Bonchev–Trinajstić information content (AvgIpc) is 3.47.